The first kappa shape index (κ1) is 18.8. The average molecular weight is 386 g/mol. The third-order valence-electron chi connectivity index (χ3n) is 3.99. The number of hydrogen-bond donors (Lipinski definition) is 1. The van der Waals surface area contributed by atoms with Gasteiger partial charge in [0, 0.05) is 29.6 Å². The predicted octanol–water partition coefficient (Wildman–Crippen LogP) is 3.41. The van der Waals surface area contributed by atoms with Crippen molar-refractivity contribution in [2.24, 2.45) is 0 Å². The van der Waals surface area contributed by atoms with Crippen molar-refractivity contribution in [2.45, 2.75) is 19.5 Å². The molecule has 7 heteroatoms. The number of hydrogen-bond acceptors (Lipinski definition) is 3. The van der Waals surface area contributed by atoms with Gasteiger partial charge < -0.3 is 5.32 Å². The maximum atomic E-state index is 13.0. The summed E-state index contributed by atoms with van der Waals surface area (Å²) in [5.41, 5.74) is 1.74. The van der Waals surface area contributed by atoms with Crippen LogP contribution >= 0.6 is 11.6 Å². The highest BCUT2D eigenvalue weighted by Gasteiger charge is 2.08. The molecular formula is C20H17ClFN3O2. The lowest BCUT2D eigenvalue weighted by atomic mass is 10.1. The number of aromatic nitrogens is 2. The second-order valence-electron chi connectivity index (χ2n) is 5.90. The van der Waals surface area contributed by atoms with Gasteiger partial charge in [-0.05, 0) is 42.0 Å². The van der Waals surface area contributed by atoms with Crippen LogP contribution in [0.5, 0.6) is 0 Å². The summed E-state index contributed by atoms with van der Waals surface area (Å²) in [6, 6.07) is 16.0. The summed E-state index contributed by atoms with van der Waals surface area (Å²) in [4.78, 5) is 24.1. The molecule has 0 aliphatic rings. The monoisotopic (exact) mass is 385 g/mol. The van der Waals surface area contributed by atoms with Crippen molar-refractivity contribution in [3.63, 3.8) is 0 Å². The Morgan fingerprint density at radius 2 is 1.81 bits per heavy atom. The smallest absolute Gasteiger partial charge is 0.266 e. The fourth-order valence-electron chi connectivity index (χ4n) is 2.52. The number of nitrogens with one attached hydrogen (secondary N) is 1. The van der Waals surface area contributed by atoms with E-state index in [1.807, 2.05) is 18.2 Å². The Kier molecular flexibility index (Phi) is 5.98. The van der Waals surface area contributed by atoms with Crippen LogP contribution in [-0.4, -0.2) is 15.7 Å². The zero-order valence-corrected chi connectivity index (χ0v) is 15.1. The van der Waals surface area contributed by atoms with Gasteiger partial charge in [0.05, 0.1) is 12.2 Å². The molecule has 3 aromatic rings. The molecule has 0 fully saturated rings. The van der Waals surface area contributed by atoms with Crippen LogP contribution in [0, 0.1) is 5.82 Å². The van der Waals surface area contributed by atoms with Crippen molar-refractivity contribution >= 4 is 17.5 Å². The summed E-state index contributed by atoms with van der Waals surface area (Å²) < 4.78 is 14.3. The molecule has 0 radical (unpaired) electrons. The van der Waals surface area contributed by atoms with Crippen molar-refractivity contribution in [1.29, 1.82) is 0 Å². The van der Waals surface area contributed by atoms with Gasteiger partial charge in [0.25, 0.3) is 5.56 Å². The Morgan fingerprint density at radius 3 is 2.56 bits per heavy atom. The minimum absolute atomic E-state index is 0.101. The number of amides is 1. The summed E-state index contributed by atoms with van der Waals surface area (Å²) in [6.45, 7) is 0.457. The first-order chi connectivity index (χ1) is 13.0. The second kappa shape index (κ2) is 8.60. The van der Waals surface area contributed by atoms with Gasteiger partial charge in [0.2, 0.25) is 5.91 Å². The maximum Gasteiger partial charge on any atom is 0.266 e. The lowest BCUT2D eigenvalue weighted by molar-refractivity contribution is -0.121. The SMILES string of the molecule is O=C(CCn1nc(-c2ccc(F)cc2)ccc1=O)NCc1ccccc1Cl. The zero-order valence-electron chi connectivity index (χ0n) is 14.4. The molecule has 0 unspecified atom stereocenters. The van der Waals surface area contributed by atoms with E-state index in [0.29, 0.717) is 22.8 Å². The molecule has 138 valence electrons. The standard InChI is InChI=1S/C20H17ClFN3O2/c21-17-4-2-1-3-15(17)13-23-19(26)11-12-25-20(27)10-9-18(24-25)14-5-7-16(22)8-6-14/h1-10H,11-13H2,(H,23,26). The Bertz CT molecular complexity index is 1000. The van der Waals surface area contributed by atoms with Crippen LogP contribution in [0.1, 0.15) is 12.0 Å². The fraction of sp³-hybridized carbons (Fsp3) is 0.150. The molecule has 5 nitrogen and oxygen atoms in total. The molecule has 0 saturated heterocycles. The molecule has 1 amide bonds. The number of halogens is 2. The topological polar surface area (TPSA) is 64.0 Å². The van der Waals surface area contributed by atoms with Crippen LogP contribution in [-0.2, 0) is 17.9 Å². The van der Waals surface area contributed by atoms with Crippen LogP contribution < -0.4 is 10.9 Å². The molecule has 0 spiro atoms. The molecule has 27 heavy (non-hydrogen) atoms. The maximum absolute atomic E-state index is 13.0. The zero-order chi connectivity index (χ0) is 19.2. The normalized spacial score (nSPS) is 10.6. The minimum Gasteiger partial charge on any atom is -0.352 e. The van der Waals surface area contributed by atoms with E-state index in [0.717, 1.165) is 5.56 Å². The van der Waals surface area contributed by atoms with Crippen molar-refractivity contribution < 1.29 is 9.18 Å². The van der Waals surface area contributed by atoms with Gasteiger partial charge in [-0.15, -0.1) is 0 Å². The molecular weight excluding hydrogens is 369 g/mol. The van der Waals surface area contributed by atoms with Crippen LogP contribution in [0.25, 0.3) is 11.3 Å². The summed E-state index contributed by atoms with van der Waals surface area (Å²) >= 11 is 6.06. The first-order valence-electron chi connectivity index (χ1n) is 8.37. The molecule has 0 saturated carbocycles. The summed E-state index contributed by atoms with van der Waals surface area (Å²) in [5, 5.41) is 7.62. The molecule has 0 aliphatic carbocycles. The van der Waals surface area contributed by atoms with Crippen molar-refractivity contribution in [1.82, 2.24) is 15.1 Å². The van der Waals surface area contributed by atoms with Crippen LogP contribution in [0.3, 0.4) is 0 Å². The first-order valence-corrected chi connectivity index (χ1v) is 8.75. The average Bonchev–Trinajstić information content (AvgIpc) is 2.67. The van der Waals surface area contributed by atoms with Gasteiger partial charge >= 0.3 is 0 Å². The van der Waals surface area contributed by atoms with E-state index >= 15 is 0 Å². The molecule has 2 aromatic carbocycles. The Hall–Kier alpha value is -2.99. The van der Waals surface area contributed by atoms with Crippen LogP contribution in [0.15, 0.2) is 65.5 Å². The molecule has 1 aromatic heterocycles. The molecule has 0 bridgehead atoms. The van der Waals surface area contributed by atoms with Crippen molar-refractivity contribution in [2.75, 3.05) is 0 Å². The lowest BCUT2D eigenvalue weighted by Gasteiger charge is -2.09. The number of carbonyl (C=O) groups excluding carboxylic acids is 1. The number of carbonyl (C=O) groups is 1. The van der Waals surface area contributed by atoms with Gasteiger partial charge in [0.1, 0.15) is 5.82 Å². The molecule has 1 N–H and O–H groups in total. The van der Waals surface area contributed by atoms with E-state index in [1.54, 1.807) is 24.3 Å². The summed E-state index contributed by atoms with van der Waals surface area (Å²) in [7, 11) is 0. The van der Waals surface area contributed by atoms with Gasteiger partial charge in [-0.2, -0.15) is 5.10 Å². The number of nitrogens with zero attached hydrogens (tertiary/aromatic N) is 2. The largest absolute Gasteiger partial charge is 0.352 e. The summed E-state index contributed by atoms with van der Waals surface area (Å²) in [5.74, 6) is -0.557. The number of rotatable bonds is 6. The van der Waals surface area contributed by atoms with E-state index < -0.39 is 0 Å². The van der Waals surface area contributed by atoms with Gasteiger partial charge in [-0.1, -0.05) is 29.8 Å². The van der Waals surface area contributed by atoms with Crippen molar-refractivity contribution in [3.05, 3.63) is 87.4 Å². The van der Waals surface area contributed by atoms with Gasteiger partial charge in [0.15, 0.2) is 0 Å². The van der Waals surface area contributed by atoms with Crippen molar-refractivity contribution in [3.8, 4) is 11.3 Å². The van der Waals surface area contributed by atoms with Gasteiger partial charge in [-0.25, -0.2) is 9.07 Å². The molecule has 1 heterocycles. The summed E-state index contributed by atoms with van der Waals surface area (Å²) in [6.07, 6.45) is 0.101. The minimum atomic E-state index is -0.345. The third kappa shape index (κ3) is 5.01. The third-order valence-corrected chi connectivity index (χ3v) is 4.36. The second-order valence-corrected chi connectivity index (χ2v) is 6.31. The van der Waals surface area contributed by atoms with E-state index in [4.69, 9.17) is 11.6 Å². The van der Waals surface area contributed by atoms with E-state index in [2.05, 4.69) is 10.4 Å². The number of benzene rings is 2. The Balaban J connectivity index is 1.62. The highest BCUT2D eigenvalue weighted by Crippen LogP contribution is 2.16. The van der Waals surface area contributed by atoms with Gasteiger partial charge in [-0.3, -0.25) is 9.59 Å². The predicted molar refractivity (Wildman–Crippen MR) is 102 cm³/mol. The highest BCUT2D eigenvalue weighted by molar-refractivity contribution is 6.31. The van der Waals surface area contributed by atoms with E-state index in [-0.39, 0.29) is 30.2 Å². The molecule has 0 aliphatic heterocycles. The van der Waals surface area contributed by atoms with Crippen LogP contribution in [0.2, 0.25) is 5.02 Å². The Labute approximate surface area is 160 Å². The molecule has 0 atom stereocenters. The highest BCUT2D eigenvalue weighted by atomic mass is 35.5. The Morgan fingerprint density at radius 1 is 1.07 bits per heavy atom. The molecule has 3 rings (SSSR count). The van der Waals surface area contributed by atoms with E-state index in [1.165, 1.54) is 22.9 Å². The fourth-order valence-corrected chi connectivity index (χ4v) is 2.72. The van der Waals surface area contributed by atoms with E-state index in [9.17, 15) is 14.0 Å². The lowest BCUT2D eigenvalue weighted by Crippen LogP contribution is -2.28. The quantitative estimate of drug-likeness (QED) is 0.707. The van der Waals surface area contributed by atoms with Crippen LogP contribution in [0.4, 0.5) is 4.39 Å². The number of aryl methyl sites for hydroxylation is 1.